The highest BCUT2D eigenvalue weighted by atomic mass is 16.5. The molecule has 5 heteroatoms. The van der Waals surface area contributed by atoms with Crippen LogP contribution < -0.4 is 15.4 Å². The number of rotatable bonds is 7. The molecule has 0 aliphatic heterocycles. The topological polar surface area (TPSA) is 63.2 Å². The van der Waals surface area contributed by atoms with E-state index >= 15 is 0 Å². The van der Waals surface area contributed by atoms with Crippen molar-refractivity contribution in [3.05, 3.63) is 30.5 Å². The Bertz CT molecular complexity index is 613. The first-order valence-corrected chi connectivity index (χ1v) is 7.18. The van der Waals surface area contributed by atoms with Crippen LogP contribution >= 0.6 is 0 Å². The summed E-state index contributed by atoms with van der Waals surface area (Å²) in [5.41, 5.74) is 0. The number of hydrogen-bond acceptors (Lipinski definition) is 4. The standard InChI is InChI=1S/C16H21N3O2/c1-3-9-17-15(20)8-11-19-16-13-5-4-6-14(21-2)12(13)7-10-18-16/h4-7,10H,3,8-9,11H2,1-2H3,(H,17,20)(H,18,19). The van der Waals surface area contributed by atoms with Gasteiger partial charge in [-0.1, -0.05) is 19.1 Å². The summed E-state index contributed by atoms with van der Waals surface area (Å²) in [5.74, 6) is 1.65. The highest BCUT2D eigenvalue weighted by Crippen LogP contribution is 2.28. The molecular weight excluding hydrogens is 266 g/mol. The van der Waals surface area contributed by atoms with Crippen LogP contribution in [-0.2, 0) is 4.79 Å². The molecule has 2 N–H and O–H groups in total. The molecule has 0 bridgehead atoms. The van der Waals surface area contributed by atoms with Crippen molar-refractivity contribution in [2.75, 3.05) is 25.5 Å². The first-order chi connectivity index (χ1) is 10.3. The number of methoxy groups -OCH3 is 1. The van der Waals surface area contributed by atoms with Crippen LogP contribution in [0.25, 0.3) is 10.8 Å². The molecule has 21 heavy (non-hydrogen) atoms. The van der Waals surface area contributed by atoms with Gasteiger partial charge in [-0.3, -0.25) is 4.79 Å². The van der Waals surface area contributed by atoms with E-state index in [1.807, 2.05) is 31.2 Å². The SMILES string of the molecule is CCCNC(=O)CCNc1nccc2c(OC)cccc12. The normalized spacial score (nSPS) is 10.4. The van der Waals surface area contributed by atoms with E-state index in [0.29, 0.717) is 13.0 Å². The molecule has 1 heterocycles. The second-order valence-electron chi connectivity index (χ2n) is 4.74. The lowest BCUT2D eigenvalue weighted by Crippen LogP contribution is -2.26. The summed E-state index contributed by atoms with van der Waals surface area (Å²) in [7, 11) is 1.65. The molecule has 0 fully saturated rings. The van der Waals surface area contributed by atoms with Crippen molar-refractivity contribution >= 4 is 22.5 Å². The number of anilines is 1. The Morgan fingerprint density at radius 3 is 2.86 bits per heavy atom. The van der Waals surface area contributed by atoms with E-state index in [2.05, 4.69) is 15.6 Å². The summed E-state index contributed by atoms with van der Waals surface area (Å²) in [4.78, 5) is 15.9. The summed E-state index contributed by atoms with van der Waals surface area (Å²) >= 11 is 0. The van der Waals surface area contributed by atoms with Crippen molar-refractivity contribution in [1.29, 1.82) is 0 Å². The Hall–Kier alpha value is -2.30. The summed E-state index contributed by atoms with van der Waals surface area (Å²) in [6.45, 7) is 3.31. The molecule has 1 aromatic carbocycles. The van der Waals surface area contributed by atoms with E-state index in [4.69, 9.17) is 4.74 Å². The van der Waals surface area contributed by atoms with Gasteiger partial charge in [-0.05, 0) is 18.6 Å². The molecule has 1 amide bonds. The third-order valence-corrected chi connectivity index (χ3v) is 3.20. The Morgan fingerprint density at radius 2 is 2.10 bits per heavy atom. The number of aromatic nitrogens is 1. The number of fused-ring (bicyclic) bond motifs is 1. The largest absolute Gasteiger partial charge is 0.496 e. The van der Waals surface area contributed by atoms with Crippen LogP contribution in [0.5, 0.6) is 5.75 Å². The fourth-order valence-corrected chi connectivity index (χ4v) is 2.14. The van der Waals surface area contributed by atoms with Crippen LogP contribution in [0.2, 0.25) is 0 Å². The quantitative estimate of drug-likeness (QED) is 0.821. The third-order valence-electron chi connectivity index (χ3n) is 3.20. The summed E-state index contributed by atoms with van der Waals surface area (Å²) in [6, 6.07) is 7.77. The minimum absolute atomic E-state index is 0.0576. The lowest BCUT2D eigenvalue weighted by atomic mass is 10.1. The Labute approximate surface area is 124 Å². The highest BCUT2D eigenvalue weighted by molar-refractivity contribution is 5.95. The van der Waals surface area contributed by atoms with Gasteiger partial charge < -0.3 is 15.4 Å². The van der Waals surface area contributed by atoms with E-state index in [1.54, 1.807) is 13.3 Å². The van der Waals surface area contributed by atoms with Gasteiger partial charge in [-0.2, -0.15) is 0 Å². The van der Waals surface area contributed by atoms with Crippen LogP contribution in [0.1, 0.15) is 19.8 Å². The molecule has 0 spiro atoms. The van der Waals surface area contributed by atoms with Crippen LogP contribution in [-0.4, -0.2) is 31.1 Å². The van der Waals surface area contributed by atoms with Crippen molar-refractivity contribution in [2.24, 2.45) is 0 Å². The first-order valence-electron chi connectivity index (χ1n) is 7.18. The molecule has 0 aliphatic rings. The van der Waals surface area contributed by atoms with E-state index in [-0.39, 0.29) is 5.91 Å². The van der Waals surface area contributed by atoms with Crippen LogP contribution in [0.15, 0.2) is 30.5 Å². The molecule has 0 atom stereocenters. The van der Waals surface area contributed by atoms with Crippen LogP contribution in [0, 0.1) is 0 Å². The number of carbonyl (C=O) groups is 1. The van der Waals surface area contributed by atoms with Gasteiger partial charge in [0.25, 0.3) is 0 Å². The van der Waals surface area contributed by atoms with E-state index in [1.165, 1.54) is 0 Å². The second kappa shape index (κ2) is 7.47. The van der Waals surface area contributed by atoms with Gasteiger partial charge in [-0.25, -0.2) is 4.98 Å². The number of ether oxygens (including phenoxy) is 1. The maximum Gasteiger partial charge on any atom is 0.221 e. The average molecular weight is 287 g/mol. The maximum atomic E-state index is 11.6. The lowest BCUT2D eigenvalue weighted by molar-refractivity contribution is -0.120. The van der Waals surface area contributed by atoms with Gasteiger partial charge in [0, 0.05) is 36.5 Å². The van der Waals surface area contributed by atoms with E-state index in [9.17, 15) is 4.79 Å². The van der Waals surface area contributed by atoms with Crippen LogP contribution in [0.3, 0.4) is 0 Å². The number of hydrogen-bond donors (Lipinski definition) is 2. The van der Waals surface area contributed by atoms with Gasteiger partial charge >= 0.3 is 0 Å². The molecule has 2 rings (SSSR count). The summed E-state index contributed by atoms with van der Waals surface area (Å²) < 4.78 is 5.35. The summed E-state index contributed by atoms with van der Waals surface area (Å²) in [6.07, 6.45) is 3.12. The number of pyridine rings is 1. The zero-order valence-electron chi connectivity index (χ0n) is 12.5. The van der Waals surface area contributed by atoms with Gasteiger partial charge in [0.1, 0.15) is 11.6 Å². The second-order valence-corrected chi connectivity index (χ2v) is 4.74. The molecule has 112 valence electrons. The molecule has 0 unspecified atom stereocenters. The van der Waals surface area contributed by atoms with Gasteiger partial charge in [0.05, 0.1) is 7.11 Å². The van der Waals surface area contributed by atoms with Gasteiger partial charge in [-0.15, -0.1) is 0 Å². The summed E-state index contributed by atoms with van der Waals surface area (Å²) in [5, 5.41) is 8.07. The van der Waals surface area contributed by atoms with Crippen LogP contribution in [0.4, 0.5) is 5.82 Å². The van der Waals surface area contributed by atoms with Crippen molar-refractivity contribution in [3.8, 4) is 5.75 Å². The smallest absolute Gasteiger partial charge is 0.221 e. The molecule has 1 aromatic heterocycles. The maximum absolute atomic E-state index is 11.6. The van der Waals surface area contributed by atoms with Crippen molar-refractivity contribution < 1.29 is 9.53 Å². The lowest BCUT2D eigenvalue weighted by Gasteiger charge is -2.10. The predicted octanol–water partition coefficient (Wildman–Crippen LogP) is 2.57. The van der Waals surface area contributed by atoms with Crippen molar-refractivity contribution in [2.45, 2.75) is 19.8 Å². The minimum Gasteiger partial charge on any atom is -0.496 e. The monoisotopic (exact) mass is 287 g/mol. The van der Waals surface area contributed by atoms with Gasteiger partial charge in [0.15, 0.2) is 0 Å². The third kappa shape index (κ3) is 3.84. The Kier molecular flexibility index (Phi) is 5.37. The molecule has 2 aromatic rings. The molecule has 0 saturated carbocycles. The molecule has 5 nitrogen and oxygen atoms in total. The zero-order chi connectivity index (χ0) is 15.1. The highest BCUT2D eigenvalue weighted by Gasteiger charge is 2.06. The van der Waals surface area contributed by atoms with E-state index < -0.39 is 0 Å². The minimum atomic E-state index is 0.0576. The van der Waals surface area contributed by atoms with Crippen molar-refractivity contribution in [3.63, 3.8) is 0 Å². The molecular formula is C16H21N3O2. The molecule has 0 saturated heterocycles. The first kappa shape index (κ1) is 15.1. The fraction of sp³-hybridized carbons (Fsp3) is 0.375. The van der Waals surface area contributed by atoms with Crippen molar-refractivity contribution in [1.82, 2.24) is 10.3 Å². The number of amides is 1. The molecule has 0 aliphatic carbocycles. The Balaban J connectivity index is 2.04. The average Bonchev–Trinajstić information content (AvgIpc) is 2.52. The predicted molar refractivity (Wildman–Crippen MR) is 84.7 cm³/mol. The fourth-order valence-electron chi connectivity index (χ4n) is 2.14. The number of benzene rings is 1. The molecule has 0 radical (unpaired) electrons. The van der Waals surface area contributed by atoms with E-state index in [0.717, 1.165) is 35.3 Å². The number of nitrogens with zero attached hydrogens (tertiary/aromatic N) is 1. The Morgan fingerprint density at radius 1 is 1.24 bits per heavy atom. The number of nitrogens with one attached hydrogen (secondary N) is 2. The van der Waals surface area contributed by atoms with Gasteiger partial charge in [0.2, 0.25) is 5.91 Å². The number of carbonyl (C=O) groups excluding carboxylic acids is 1. The zero-order valence-corrected chi connectivity index (χ0v) is 12.5.